The standard InChI is InChI=1S/C31H29ClN2O3/c1-18-7-10-21(11-8-18)30(36)29-27(20-12-15-23(37-3)16-13-20)28-25(5-4-6-26(28)35)34(31(29)33)22-14-9-19(2)24(32)17-22/h7-17,27,33,36H,4-6H2,1-3H3/t27-/m1/s1. The molecule has 6 heteroatoms. The lowest BCUT2D eigenvalue weighted by atomic mass is 9.73. The molecule has 0 saturated heterocycles. The number of hydrogen-bond acceptors (Lipinski definition) is 4. The third kappa shape index (κ3) is 4.44. The summed E-state index contributed by atoms with van der Waals surface area (Å²) in [4.78, 5) is 15.4. The molecule has 188 valence electrons. The summed E-state index contributed by atoms with van der Waals surface area (Å²) < 4.78 is 5.35. The Morgan fingerprint density at radius 1 is 1.03 bits per heavy atom. The fourth-order valence-corrected chi connectivity index (χ4v) is 5.37. The van der Waals surface area contributed by atoms with Crippen LogP contribution in [0.5, 0.6) is 5.75 Å². The fourth-order valence-electron chi connectivity index (χ4n) is 5.19. The normalized spacial score (nSPS) is 19.1. The summed E-state index contributed by atoms with van der Waals surface area (Å²) in [5.74, 6) is 0.265. The summed E-state index contributed by atoms with van der Waals surface area (Å²) in [6, 6.07) is 20.7. The number of Topliss-reactive ketones (excluding diaryl/α,β-unsaturated/α-hetero) is 1. The van der Waals surface area contributed by atoms with Gasteiger partial charge in [-0.1, -0.05) is 59.6 Å². The maximum absolute atomic E-state index is 13.6. The van der Waals surface area contributed by atoms with E-state index in [1.807, 2.05) is 80.6 Å². The van der Waals surface area contributed by atoms with Crippen LogP contribution in [0.3, 0.4) is 0 Å². The van der Waals surface area contributed by atoms with Crippen LogP contribution in [0.2, 0.25) is 5.02 Å². The molecule has 0 radical (unpaired) electrons. The van der Waals surface area contributed by atoms with Crippen molar-refractivity contribution < 1.29 is 14.6 Å². The highest BCUT2D eigenvalue weighted by atomic mass is 35.5. The third-order valence-corrected chi connectivity index (χ3v) is 7.60. The second-order valence-electron chi connectivity index (χ2n) is 9.59. The highest BCUT2D eigenvalue weighted by Gasteiger charge is 2.43. The van der Waals surface area contributed by atoms with Crippen molar-refractivity contribution in [3.05, 3.63) is 111 Å². The number of halogens is 1. The highest BCUT2D eigenvalue weighted by Crippen LogP contribution is 2.48. The van der Waals surface area contributed by atoms with E-state index in [0.717, 1.165) is 22.4 Å². The molecule has 1 heterocycles. The Morgan fingerprint density at radius 3 is 2.38 bits per heavy atom. The number of hydrogen-bond donors (Lipinski definition) is 2. The number of carbonyl (C=O) groups excluding carboxylic acids is 1. The number of benzene rings is 3. The van der Waals surface area contributed by atoms with Crippen LogP contribution in [-0.2, 0) is 4.79 Å². The molecular weight excluding hydrogens is 484 g/mol. The van der Waals surface area contributed by atoms with Gasteiger partial charge in [0.05, 0.1) is 7.11 Å². The molecule has 5 rings (SSSR count). The number of aliphatic hydroxyl groups is 1. The summed E-state index contributed by atoms with van der Waals surface area (Å²) in [5.41, 5.74) is 5.92. The van der Waals surface area contributed by atoms with E-state index < -0.39 is 5.92 Å². The SMILES string of the molecule is COc1ccc([C@H]2C(=C(O)c3ccc(C)cc3)C(=N)N(c3ccc(C)c(Cl)c3)C3=C2C(=O)CCC3)cc1. The molecule has 0 amide bonds. The monoisotopic (exact) mass is 512 g/mol. The molecule has 3 aromatic rings. The number of rotatable bonds is 4. The van der Waals surface area contributed by atoms with E-state index in [0.29, 0.717) is 52.4 Å². The number of carbonyl (C=O) groups is 1. The van der Waals surface area contributed by atoms with E-state index in [4.69, 9.17) is 16.3 Å². The molecule has 5 nitrogen and oxygen atoms in total. The van der Waals surface area contributed by atoms with Crippen LogP contribution in [-0.4, -0.2) is 23.8 Å². The smallest absolute Gasteiger partial charge is 0.161 e. The van der Waals surface area contributed by atoms with Crippen molar-refractivity contribution in [2.24, 2.45) is 0 Å². The average Bonchev–Trinajstić information content (AvgIpc) is 2.90. The van der Waals surface area contributed by atoms with E-state index in [9.17, 15) is 15.3 Å². The predicted molar refractivity (Wildman–Crippen MR) is 149 cm³/mol. The number of nitrogens with zero attached hydrogens (tertiary/aromatic N) is 1. The van der Waals surface area contributed by atoms with Gasteiger partial charge in [-0.2, -0.15) is 0 Å². The van der Waals surface area contributed by atoms with Crippen LogP contribution in [0.1, 0.15) is 47.4 Å². The number of allylic oxidation sites excluding steroid dienone is 2. The van der Waals surface area contributed by atoms with Gasteiger partial charge in [0.25, 0.3) is 0 Å². The van der Waals surface area contributed by atoms with E-state index in [1.54, 1.807) is 12.0 Å². The molecule has 0 spiro atoms. The van der Waals surface area contributed by atoms with Crippen LogP contribution in [0.4, 0.5) is 5.69 Å². The number of anilines is 1. The summed E-state index contributed by atoms with van der Waals surface area (Å²) in [6.07, 6.45) is 1.79. The third-order valence-electron chi connectivity index (χ3n) is 7.20. The minimum absolute atomic E-state index is 0.0149. The van der Waals surface area contributed by atoms with Crippen LogP contribution < -0.4 is 9.64 Å². The van der Waals surface area contributed by atoms with Gasteiger partial charge in [0.1, 0.15) is 17.3 Å². The predicted octanol–water partition coefficient (Wildman–Crippen LogP) is 7.52. The van der Waals surface area contributed by atoms with Gasteiger partial charge in [-0.3, -0.25) is 15.1 Å². The second kappa shape index (κ2) is 9.91. The van der Waals surface area contributed by atoms with Gasteiger partial charge in [0, 0.05) is 45.5 Å². The van der Waals surface area contributed by atoms with Crippen LogP contribution in [0, 0.1) is 19.3 Å². The van der Waals surface area contributed by atoms with Crippen molar-refractivity contribution in [3.63, 3.8) is 0 Å². The van der Waals surface area contributed by atoms with E-state index in [2.05, 4.69) is 0 Å². The molecule has 2 N–H and O–H groups in total. The maximum Gasteiger partial charge on any atom is 0.161 e. The molecule has 3 aromatic carbocycles. The zero-order chi connectivity index (χ0) is 26.3. The lowest BCUT2D eigenvalue weighted by Crippen LogP contribution is -2.42. The Bertz CT molecular complexity index is 1450. The minimum Gasteiger partial charge on any atom is -0.507 e. The number of nitrogens with one attached hydrogen (secondary N) is 1. The van der Waals surface area contributed by atoms with Crippen molar-refractivity contribution in [3.8, 4) is 5.75 Å². The molecule has 0 fully saturated rings. The molecule has 1 aliphatic carbocycles. The second-order valence-corrected chi connectivity index (χ2v) is 10.00. The summed E-state index contributed by atoms with van der Waals surface area (Å²) in [7, 11) is 1.61. The number of aliphatic hydroxyl groups excluding tert-OH is 1. The van der Waals surface area contributed by atoms with Crippen molar-refractivity contribution >= 4 is 34.7 Å². The van der Waals surface area contributed by atoms with Gasteiger partial charge in [-0.25, -0.2) is 0 Å². The molecule has 2 aliphatic rings. The largest absolute Gasteiger partial charge is 0.507 e. The van der Waals surface area contributed by atoms with Crippen molar-refractivity contribution in [2.45, 2.75) is 39.0 Å². The Hall–Kier alpha value is -3.83. The van der Waals surface area contributed by atoms with Gasteiger partial charge in [0.15, 0.2) is 5.78 Å². The van der Waals surface area contributed by atoms with Crippen LogP contribution in [0.25, 0.3) is 5.76 Å². The van der Waals surface area contributed by atoms with Gasteiger partial charge in [-0.15, -0.1) is 0 Å². The molecule has 0 bridgehead atoms. The number of methoxy groups -OCH3 is 1. The molecule has 1 atom stereocenters. The lowest BCUT2D eigenvalue weighted by molar-refractivity contribution is -0.116. The van der Waals surface area contributed by atoms with E-state index >= 15 is 0 Å². The fraction of sp³-hybridized carbons (Fsp3) is 0.226. The van der Waals surface area contributed by atoms with Gasteiger partial charge in [-0.05, 0) is 62.1 Å². The quantitative estimate of drug-likeness (QED) is 0.354. The van der Waals surface area contributed by atoms with Crippen LogP contribution in [0.15, 0.2) is 83.6 Å². The van der Waals surface area contributed by atoms with E-state index in [1.165, 1.54) is 0 Å². The molecule has 0 unspecified atom stereocenters. The molecular formula is C31H29ClN2O3. The van der Waals surface area contributed by atoms with Gasteiger partial charge < -0.3 is 9.84 Å². The summed E-state index contributed by atoms with van der Waals surface area (Å²) >= 11 is 6.49. The van der Waals surface area contributed by atoms with Crippen molar-refractivity contribution in [1.82, 2.24) is 0 Å². The molecule has 37 heavy (non-hydrogen) atoms. The zero-order valence-corrected chi connectivity index (χ0v) is 21.9. The Morgan fingerprint density at radius 2 is 1.73 bits per heavy atom. The number of aryl methyl sites for hydroxylation is 2. The first-order valence-corrected chi connectivity index (χ1v) is 12.7. The Kier molecular flexibility index (Phi) is 6.65. The van der Waals surface area contributed by atoms with Crippen molar-refractivity contribution in [2.75, 3.05) is 12.0 Å². The Balaban J connectivity index is 1.81. The number of amidine groups is 1. The number of ether oxygens (including phenoxy) is 1. The first-order valence-electron chi connectivity index (χ1n) is 12.4. The Labute approximate surface area is 222 Å². The summed E-state index contributed by atoms with van der Waals surface area (Å²) in [5, 5.41) is 21.7. The zero-order valence-electron chi connectivity index (χ0n) is 21.1. The topological polar surface area (TPSA) is 73.6 Å². The first-order chi connectivity index (χ1) is 17.8. The maximum atomic E-state index is 13.6. The highest BCUT2D eigenvalue weighted by molar-refractivity contribution is 6.32. The lowest BCUT2D eigenvalue weighted by Gasteiger charge is -2.42. The van der Waals surface area contributed by atoms with Gasteiger partial charge >= 0.3 is 0 Å². The molecule has 1 aliphatic heterocycles. The first kappa shape index (κ1) is 24.8. The van der Waals surface area contributed by atoms with Crippen LogP contribution >= 0.6 is 11.6 Å². The molecule has 0 saturated carbocycles. The summed E-state index contributed by atoms with van der Waals surface area (Å²) in [6.45, 7) is 3.91. The average molecular weight is 513 g/mol. The van der Waals surface area contributed by atoms with Crippen molar-refractivity contribution in [1.29, 1.82) is 5.41 Å². The minimum atomic E-state index is -0.584. The van der Waals surface area contributed by atoms with E-state index in [-0.39, 0.29) is 17.4 Å². The number of ketones is 1. The molecule has 0 aromatic heterocycles. The van der Waals surface area contributed by atoms with Gasteiger partial charge in [0.2, 0.25) is 0 Å².